The van der Waals surface area contributed by atoms with Gasteiger partial charge in [-0.2, -0.15) is 0 Å². The van der Waals surface area contributed by atoms with Crippen molar-refractivity contribution < 1.29 is 14.0 Å². The summed E-state index contributed by atoms with van der Waals surface area (Å²) in [7, 11) is 3.18. The van der Waals surface area contributed by atoms with Crippen molar-refractivity contribution in [2.45, 2.75) is 26.2 Å². The van der Waals surface area contributed by atoms with E-state index in [-0.39, 0.29) is 5.41 Å². The molecular formula is C16H20N2O3S. The van der Waals surface area contributed by atoms with Gasteiger partial charge in [-0.15, -0.1) is 0 Å². The largest absolute Gasteiger partial charge is 0.496 e. The summed E-state index contributed by atoms with van der Waals surface area (Å²) < 4.78 is 16.0. The van der Waals surface area contributed by atoms with Crippen molar-refractivity contribution in [2.24, 2.45) is 0 Å². The predicted octanol–water partition coefficient (Wildman–Crippen LogP) is 3.78. The summed E-state index contributed by atoms with van der Waals surface area (Å²) in [6.45, 7) is 6.20. The number of rotatable bonds is 4. The Bertz CT molecular complexity index is 652. The van der Waals surface area contributed by atoms with Crippen LogP contribution in [0.4, 0.5) is 5.88 Å². The molecular weight excluding hydrogens is 300 g/mol. The van der Waals surface area contributed by atoms with Crippen molar-refractivity contribution in [2.75, 3.05) is 19.5 Å². The molecule has 0 unspecified atom stereocenters. The highest BCUT2D eigenvalue weighted by molar-refractivity contribution is 7.81. The van der Waals surface area contributed by atoms with Crippen molar-refractivity contribution >= 4 is 23.1 Å². The van der Waals surface area contributed by atoms with Gasteiger partial charge in [-0.05, 0) is 12.1 Å². The van der Waals surface area contributed by atoms with Crippen LogP contribution in [0.3, 0.4) is 0 Å². The van der Waals surface area contributed by atoms with Crippen LogP contribution in [0.5, 0.6) is 11.5 Å². The summed E-state index contributed by atoms with van der Waals surface area (Å²) in [6.07, 6.45) is 0. The Morgan fingerprint density at radius 3 is 2.23 bits per heavy atom. The Hall–Kier alpha value is -2.08. The fourth-order valence-electron chi connectivity index (χ4n) is 1.94. The second-order valence-corrected chi connectivity index (χ2v) is 6.23. The van der Waals surface area contributed by atoms with E-state index in [1.54, 1.807) is 14.2 Å². The molecule has 2 rings (SSSR count). The molecule has 2 aromatic rings. The van der Waals surface area contributed by atoms with Gasteiger partial charge in [0.05, 0.1) is 25.5 Å². The van der Waals surface area contributed by atoms with E-state index in [2.05, 4.69) is 31.2 Å². The lowest BCUT2D eigenvalue weighted by Gasteiger charge is -2.14. The lowest BCUT2D eigenvalue weighted by molar-refractivity contribution is 0.392. The van der Waals surface area contributed by atoms with Gasteiger partial charge in [0.15, 0.2) is 0 Å². The molecule has 118 valence electrons. The minimum Gasteiger partial charge on any atom is -0.496 e. The van der Waals surface area contributed by atoms with Crippen LogP contribution < -0.4 is 14.8 Å². The van der Waals surface area contributed by atoms with E-state index in [1.807, 2.05) is 24.3 Å². The quantitative estimate of drug-likeness (QED) is 0.865. The van der Waals surface area contributed by atoms with Gasteiger partial charge < -0.3 is 19.3 Å². The van der Waals surface area contributed by atoms with Crippen molar-refractivity contribution in [3.8, 4) is 11.5 Å². The molecule has 1 heterocycles. The normalized spacial score (nSPS) is 11.1. The molecule has 1 aromatic carbocycles. The van der Waals surface area contributed by atoms with E-state index in [1.165, 1.54) is 0 Å². The summed E-state index contributed by atoms with van der Waals surface area (Å²) in [5.41, 5.74) is 1.44. The number of anilines is 1. The molecule has 0 saturated carbocycles. The molecule has 0 aliphatic rings. The summed E-state index contributed by atoms with van der Waals surface area (Å²) in [5.74, 6) is 1.75. The van der Waals surface area contributed by atoms with Gasteiger partial charge in [-0.3, -0.25) is 0 Å². The van der Waals surface area contributed by atoms with Crippen molar-refractivity contribution in [1.29, 1.82) is 0 Å². The average molecular weight is 320 g/mol. The predicted molar refractivity (Wildman–Crippen MR) is 90.1 cm³/mol. The zero-order chi connectivity index (χ0) is 16.3. The third-order valence-electron chi connectivity index (χ3n) is 3.17. The molecule has 0 radical (unpaired) electrons. The third-order valence-corrected chi connectivity index (χ3v) is 3.48. The lowest BCUT2D eigenvalue weighted by Crippen LogP contribution is -2.13. The van der Waals surface area contributed by atoms with Crippen LogP contribution in [0.15, 0.2) is 28.8 Å². The van der Waals surface area contributed by atoms with Crippen LogP contribution in [0.2, 0.25) is 0 Å². The van der Waals surface area contributed by atoms with E-state index in [0.717, 1.165) is 5.69 Å². The Balaban J connectivity index is 2.28. The molecule has 22 heavy (non-hydrogen) atoms. The molecule has 0 spiro atoms. The highest BCUT2D eigenvalue weighted by atomic mass is 32.1. The van der Waals surface area contributed by atoms with Crippen LogP contribution in [-0.2, 0) is 5.41 Å². The minimum atomic E-state index is -0.0901. The number of nitrogens with zero attached hydrogens (tertiary/aromatic N) is 1. The standard InChI is InChI=1S/C16H20N2O3S/c1-16(2,3)12-9-13(21-18-12)17-15(22)14-10(19-4)7-6-8-11(14)20-5/h6-9H,1-5H3,(H,17,22). The first kappa shape index (κ1) is 16.3. The van der Waals surface area contributed by atoms with Gasteiger partial charge in [0.1, 0.15) is 16.5 Å². The lowest BCUT2D eigenvalue weighted by atomic mass is 9.92. The van der Waals surface area contributed by atoms with Gasteiger partial charge in [0.25, 0.3) is 0 Å². The number of aromatic nitrogens is 1. The highest BCUT2D eigenvalue weighted by Gasteiger charge is 2.21. The maximum Gasteiger partial charge on any atom is 0.229 e. The summed E-state index contributed by atoms with van der Waals surface area (Å²) in [6, 6.07) is 7.34. The zero-order valence-electron chi connectivity index (χ0n) is 13.4. The van der Waals surface area contributed by atoms with Gasteiger partial charge in [-0.25, -0.2) is 0 Å². The van der Waals surface area contributed by atoms with E-state index in [0.29, 0.717) is 27.9 Å². The van der Waals surface area contributed by atoms with Gasteiger partial charge in [0, 0.05) is 11.5 Å². The maximum atomic E-state index is 5.45. The minimum absolute atomic E-state index is 0.0901. The molecule has 5 nitrogen and oxygen atoms in total. The van der Waals surface area contributed by atoms with Gasteiger partial charge in [0.2, 0.25) is 5.88 Å². The second-order valence-electron chi connectivity index (χ2n) is 5.82. The molecule has 0 bridgehead atoms. The number of methoxy groups -OCH3 is 2. The number of benzene rings is 1. The molecule has 0 amide bonds. The monoisotopic (exact) mass is 320 g/mol. The van der Waals surface area contributed by atoms with Crippen LogP contribution >= 0.6 is 12.2 Å². The Morgan fingerprint density at radius 1 is 1.18 bits per heavy atom. The van der Waals surface area contributed by atoms with Crippen LogP contribution in [0, 0.1) is 0 Å². The Morgan fingerprint density at radius 2 is 1.77 bits per heavy atom. The van der Waals surface area contributed by atoms with E-state index >= 15 is 0 Å². The summed E-state index contributed by atoms with van der Waals surface area (Å²) in [4.78, 5) is 0.450. The highest BCUT2D eigenvalue weighted by Crippen LogP contribution is 2.30. The van der Waals surface area contributed by atoms with E-state index < -0.39 is 0 Å². The first-order valence-corrected chi connectivity index (χ1v) is 7.27. The first-order chi connectivity index (χ1) is 10.4. The number of hydrogen-bond acceptors (Lipinski definition) is 5. The topological polar surface area (TPSA) is 56.5 Å². The number of thiocarbonyl (C=S) groups is 1. The molecule has 0 fully saturated rings. The number of nitrogens with one attached hydrogen (secondary N) is 1. The Labute approximate surface area is 135 Å². The Kier molecular flexibility index (Phi) is 4.71. The smallest absolute Gasteiger partial charge is 0.229 e. The van der Waals surface area contributed by atoms with E-state index in [9.17, 15) is 0 Å². The summed E-state index contributed by atoms with van der Waals surface area (Å²) in [5, 5.41) is 7.10. The van der Waals surface area contributed by atoms with Crippen LogP contribution in [0.1, 0.15) is 32.0 Å². The van der Waals surface area contributed by atoms with E-state index in [4.69, 9.17) is 26.2 Å². The second kappa shape index (κ2) is 6.36. The molecule has 0 aliphatic carbocycles. The van der Waals surface area contributed by atoms with Crippen molar-refractivity contribution in [3.05, 3.63) is 35.5 Å². The SMILES string of the molecule is COc1cccc(OC)c1C(=S)Nc1cc(C(C)(C)C)no1. The molecule has 0 aliphatic heterocycles. The maximum absolute atomic E-state index is 5.45. The average Bonchev–Trinajstić information content (AvgIpc) is 2.94. The van der Waals surface area contributed by atoms with Gasteiger partial charge >= 0.3 is 0 Å². The molecule has 1 N–H and O–H groups in total. The molecule has 1 aromatic heterocycles. The van der Waals surface area contributed by atoms with Crippen LogP contribution in [-0.4, -0.2) is 24.4 Å². The summed E-state index contributed by atoms with van der Waals surface area (Å²) >= 11 is 5.45. The zero-order valence-corrected chi connectivity index (χ0v) is 14.2. The third kappa shape index (κ3) is 3.39. The fourth-order valence-corrected chi connectivity index (χ4v) is 2.24. The number of hydrogen-bond donors (Lipinski definition) is 1. The van der Waals surface area contributed by atoms with Gasteiger partial charge in [-0.1, -0.05) is 44.2 Å². The van der Waals surface area contributed by atoms with Crippen molar-refractivity contribution in [1.82, 2.24) is 5.16 Å². The van der Waals surface area contributed by atoms with Crippen LogP contribution in [0.25, 0.3) is 0 Å². The fraction of sp³-hybridized carbons (Fsp3) is 0.375. The molecule has 0 saturated heterocycles. The molecule has 6 heteroatoms. The molecule has 0 atom stereocenters. The van der Waals surface area contributed by atoms with Crippen molar-refractivity contribution in [3.63, 3.8) is 0 Å². The number of ether oxygens (including phenoxy) is 2. The first-order valence-electron chi connectivity index (χ1n) is 6.86.